The first-order valence-electron chi connectivity index (χ1n) is 8.42. The molecular formula is C21H23N. The Hall–Kier alpha value is -1.86. The van der Waals surface area contributed by atoms with Gasteiger partial charge in [-0.1, -0.05) is 72.8 Å². The van der Waals surface area contributed by atoms with Crippen LogP contribution in [0.25, 0.3) is 0 Å². The number of hydrogen-bond acceptors (Lipinski definition) is 1. The van der Waals surface area contributed by atoms with Crippen LogP contribution in [0.5, 0.6) is 0 Å². The fourth-order valence-corrected chi connectivity index (χ4v) is 4.12. The van der Waals surface area contributed by atoms with E-state index in [0.717, 1.165) is 24.3 Å². The third-order valence-electron chi connectivity index (χ3n) is 5.27. The molecule has 2 aromatic rings. The van der Waals surface area contributed by atoms with Gasteiger partial charge in [0.25, 0.3) is 0 Å². The average Bonchev–Trinajstić information content (AvgIpc) is 3.20. The van der Waals surface area contributed by atoms with Gasteiger partial charge in [-0.05, 0) is 48.3 Å². The topological polar surface area (TPSA) is 12.0 Å². The van der Waals surface area contributed by atoms with Gasteiger partial charge in [-0.2, -0.15) is 0 Å². The molecule has 1 heteroatoms. The summed E-state index contributed by atoms with van der Waals surface area (Å²) in [5, 5.41) is 3.85. The predicted molar refractivity (Wildman–Crippen MR) is 91.6 cm³/mol. The summed E-state index contributed by atoms with van der Waals surface area (Å²) in [6, 6.07) is 21.9. The second-order valence-electron chi connectivity index (χ2n) is 6.70. The molecule has 22 heavy (non-hydrogen) atoms. The van der Waals surface area contributed by atoms with E-state index in [-0.39, 0.29) is 0 Å². The Morgan fingerprint density at radius 3 is 1.95 bits per heavy atom. The van der Waals surface area contributed by atoms with Gasteiger partial charge in [0.05, 0.1) is 6.04 Å². The molecular weight excluding hydrogens is 266 g/mol. The van der Waals surface area contributed by atoms with Crippen LogP contribution in [0.2, 0.25) is 0 Å². The summed E-state index contributed by atoms with van der Waals surface area (Å²) in [6.45, 7) is 1.11. The Labute approximate surface area is 133 Å². The van der Waals surface area contributed by atoms with Gasteiger partial charge in [0.15, 0.2) is 0 Å². The first-order chi connectivity index (χ1) is 10.9. The monoisotopic (exact) mass is 289 g/mol. The molecule has 0 spiro atoms. The van der Waals surface area contributed by atoms with E-state index >= 15 is 0 Å². The van der Waals surface area contributed by atoms with Gasteiger partial charge in [-0.15, -0.1) is 0 Å². The Kier molecular flexibility index (Phi) is 3.82. The van der Waals surface area contributed by atoms with Gasteiger partial charge in [0.1, 0.15) is 0 Å². The minimum Gasteiger partial charge on any atom is -0.306 e. The molecule has 1 fully saturated rings. The van der Waals surface area contributed by atoms with E-state index in [2.05, 4.69) is 78.1 Å². The second kappa shape index (κ2) is 6.10. The number of rotatable bonds is 5. The standard InChI is InChI=1S/C21H23N/c1-3-7-17(8-4-1)21(18-9-5-2-6-10-18)22-15-20-14-16-11-12-19(20)13-16/h1-12,16,19-22H,13-15H2/t16-,19+,20+/m1/s1. The van der Waals surface area contributed by atoms with Crippen LogP contribution < -0.4 is 5.32 Å². The van der Waals surface area contributed by atoms with Crippen molar-refractivity contribution in [2.75, 3.05) is 6.54 Å². The Balaban J connectivity index is 1.52. The number of nitrogens with one attached hydrogen (secondary N) is 1. The normalized spacial score (nSPS) is 26.0. The van der Waals surface area contributed by atoms with Gasteiger partial charge in [-0.25, -0.2) is 0 Å². The van der Waals surface area contributed by atoms with E-state index < -0.39 is 0 Å². The number of benzene rings is 2. The van der Waals surface area contributed by atoms with Crippen LogP contribution in [0.4, 0.5) is 0 Å². The summed E-state index contributed by atoms with van der Waals surface area (Å²) in [5.74, 6) is 2.47. The summed E-state index contributed by atoms with van der Waals surface area (Å²) < 4.78 is 0. The van der Waals surface area contributed by atoms with Crippen LogP contribution >= 0.6 is 0 Å². The second-order valence-corrected chi connectivity index (χ2v) is 6.70. The van der Waals surface area contributed by atoms with E-state index in [9.17, 15) is 0 Å². The zero-order chi connectivity index (χ0) is 14.8. The summed E-state index contributed by atoms with van der Waals surface area (Å²) in [5.41, 5.74) is 2.71. The minimum atomic E-state index is 0.297. The van der Waals surface area contributed by atoms with E-state index in [1.807, 2.05) is 0 Å². The van der Waals surface area contributed by atoms with Gasteiger partial charge in [0.2, 0.25) is 0 Å². The quantitative estimate of drug-likeness (QED) is 0.795. The van der Waals surface area contributed by atoms with Crippen molar-refractivity contribution in [2.24, 2.45) is 17.8 Å². The van der Waals surface area contributed by atoms with Crippen LogP contribution in [0.3, 0.4) is 0 Å². The zero-order valence-corrected chi connectivity index (χ0v) is 12.9. The highest BCUT2D eigenvalue weighted by atomic mass is 14.9. The molecule has 0 aromatic heterocycles. The molecule has 0 heterocycles. The SMILES string of the molecule is C1=C[C@H]2C[C@@H]1C[C@H]2CNC(c1ccccc1)c1ccccc1. The Bertz CT molecular complexity index is 592. The van der Waals surface area contributed by atoms with Crippen LogP contribution in [-0.2, 0) is 0 Å². The lowest BCUT2D eigenvalue weighted by atomic mass is 9.92. The minimum absolute atomic E-state index is 0.297. The Morgan fingerprint density at radius 2 is 1.45 bits per heavy atom. The molecule has 1 N–H and O–H groups in total. The molecule has 2 aliphatic carbocycles. The van der Waals surface area contributed by atoms with E-state index in [1.165, 1.54) is 24.0 Å². The zero-order valence-electron chi connectivity index (χ0n) is 12.9. The molecule has 0 saturated heterocycles. The first kappa shape index (κ1) is 13.8. The molecule has 1 saturated carbocycles. The summed E-state index contributed by atoms with van der Waals surface area (Å²) in [6.07, 6.45) is 7.62. The average molecular weight is 289 g/mol. The van der Waals surface area contributed by atoms with Gasteiger partial charge in [-0.3, -0.25) is 0 Å². The number of hydrogen-bond donors (Lipinski definition) is 1. The summed E-state index contributed by atoms with van der Waals surface area (Å²) in [7, 11) is 0. The molecule has 4 rings (SSSR count). The van der Waals surface area contributed by atoms with Crippen molar-refractivity contribution in [3.8, 4) is 0 Å². The van der Waals surface area contributed by atoms with Crippen molar-refractivity contribution in [1.29, 1.82) is 0 Å². The molecule has 2 aromatic carbocycles. The number of allylic oxidation sites excluding steroid dienone is 2. The maximum absolute atomic E-state index is 3.85. The molecule has 3 atom stereocenters. The van der Waals surface area contributed by atoms with Gasteiger partial charge in [0, 0.05) is 0 Å². The lowest BCUT2D eigenvalue weighted by Crippen LogP contribution is -2.30. The highest BCUT2D eigenvalue weighted by Gasteiger charge is 2.35. The van der Waals surface area contributed by atoms with E-state index in [1.54, 1.807) is 0 Å². The smallest absolute Gasteiger partial charge is 0.0576 e. The largest absolute Gasteiger partial charge is 0.306 e. The fraction of sp³-hybridized carbons (Fsp3) is 0.333. The van der Waals surface area contributed by atoms with Crippen molar-refractivity contribution < 1.29 is 0 Å². The lowest BCUT2D eigenvalue weighted by molar-refractivity contribution is 0.400. The molecule has 0 aliphatic heterocycles. The highest BCUT2D eigenvalue weighted by molar-refractivity contribution is 5.31. The van der Waals surface area contributed by atoms with Gasteiger partial charge >= 0.3 is 0 Å². The van der Waals surface area contributed by atoms with Crippen LogP contribution in [0.1, 0.15) is 30.0 Å². The molecule has 0 radical (unpaired) electrons. The van der Waals surface area contributed by atoms with Crippen molar-refractivity contribution in [1.82, 2.24) is 5.32 Å². The van der Waals surface area contributed by atoms with E-state index in [0.29, 0.717) is 6.04 Å². The van der Waals surface area contributed by atoms with Crippen molar-refractivity contribution in [3.63, 3.8) is 0 Å². The maximum Gasteiger partial charge on any atom is 0.0576 e. The third-order valence-corrected chi connectivity index (χ3v) is 5.27. The number of fused-ring (bicyclic) bond motifs is 2. The molecule has 2 aliphatic rings. The van der Waals surface area contributed by atoms with Crippen molar-refractivity contribution in [3.05, 3.63) is 83.9 Å². The third kappa shape index (κ3) is 2.74. The van der Waals surface area contributed by atoms with Gasteiger partial charge < -0.3 is 5.32 Å². The molecule has 0 unspecified atom stereocenters. The first-order valence-corrected chi connectivity index (χ1v) is 8.42. The molecule has 112 valence electrons. The Morgan fingerprint density at radius 1 is 0.818 bits per heavy atom. The van der Waals surface area contributed by atoms with Crippen LogP contribution in [0.15, 0.2) is 72.8 Å². The molecule has 1 nitrogen and oxygen atoms in total. The molecule has 2 bridgehead atoms. The predicted octanol–water partition coefficient (Wildman–Crippen LogP) is 4.58. The van der Waals surface area contributed by atoms with Crippen LogP contribution in [-0.4, -0.2) is 6.54 Å². The van der Waals surface area contributed by atoms with Crippen molar-refractivity contribution >= 4 is 0 Å². The summed E-state index contributed by atoms with van der Waals surface area (Å²) in [4.78, 5) is 0. The molecule has 0 amide bonds. The highest BCUT2D eigenvalue weighted by Crippen LogP contribution is 2.43. The summed E-state index contributed by atoms with van der Waals surface area (Å²) >= 11 is 0. The van der Waals surface area contributed by atoms with E-state index in [4.69, 9.17) is 0 Å². The maximum atomic E-state index is 3.85. The fourth-order valence-electron chi connectivity index (χ4n) is 4.12. The van der Waals surface area contributed by atoms with Crippen molar-refractivity contribution in [2.45, 2.75) is 18.9 Å². The lowest BCUT2D eigenvalue weighted by Gasteiger charge is -2.25. The van der Waals surface area contributed by atoms with Crippen LogP contribution in [0, 0.1) is 17.8 Å².